The van der Waals surface area contributed by atoms with Crippen molar-refractivity contribution in [1.82, 2.24) is 4.72 Å². The molecular weight excluding hydrogens is 416 g/mol. The monoisotopic (exact) mass is 432 g/mol. The van der Waals surface area contributed by atoms with Crippen molar-refractivity contribution in [1.29, 1.82) is 0 Å². The molecule has 1 aromatic heterocycles. The molecule has 1 amide bonds. The molecule has 4 rings (SSSR count). The van der Waals surface area contributed by atoms with Crippen LogP contribution in [-0.2, 0) is 23.0 Å². The summed E-state index contributed by atoms with van der Waals surface area (Å²) in [5, 5.41) is 2.31. The summed E-state index contributed by atoms with van der Waals surface area (Å²) in [5.74, 6) is -0.0910. The van der Waals surface area contributed by atoms with Gasteiger partial charge in [0.25, 0.3) is 5.91 Å². The molecule has 8 heteroatoms. The lowest BCUT2D eigenvalue weighted by atomic mass is 10.1. The van der Waals surface area contributed by atoms with Crippen LogP contribution in [0.25, 0.3) is 0 Å². The van der Waals surface area contributed by atoms with Crippen molar-refractivity contribution in [3.05, 3.63) is 81.7 Å². The van der Waals surface area contributed by atoms with Crippen LogP contribution in [0.1, 0.15) is 21.5 Å². The Balaban J connectivity index is 1.54. The lowest BCUT2D eigenvalue weighted by Crippen LogP contribution is -2.29. The molecule has 2 heterocycles. The number of nitrogens with zero attached hydrogens (tertiary/aromatic N) is 1. The molecule has 1 aliphatic heterocycles. The standard InChI is InChI=1S/C20H17ClN2O3S2/c21-17-7-5-16(6-8-17)20(24)23-10-9-15-4-3-14(12-18(15)23)13-22-28(25,26)19-2-1-11-27-19/h1-8,11-12,22H,9-10,13H2. The van der Waals surface area contributed by atoms with Crippen LogP contribution in [0.2, 0.25) is 5.02 Å². The number of halogens is 1. The van der Waals surface area contributed by atoms with Gasteiger partial charge in [0.2, 0.25) is 10.0 Å². The highest BCUT2D eigenvalue weighted by Gasteiger charge is 2.26. The zero-order valence-electron chi connectivity index (χ0n) is 14.8. The number of carbonyl (C=O) groups is 1. The summed E-state index contributed by atoms with van der Waals surface area (Å²) in [6, 6.07) is 15.8. The zero-order valence-corrected chi connectivity index (χ0v) is 17.2. The first kappa shape index (κ1) is 19.1. The summed E-state index contributed by atoms with van der Waals surface area (Å²) in [4.78, 5) is 14.6. The van der Waals surface area contributed by atoms with E-state index in [0.717, 1.165) is 23.2 Å². The number of benzene rings is 2. The molecule has 0 unspecified atom stereocenters. The third-order valence-corrected chi connectivity index (χ3v) is 7.66. The van der Waals surface area contributed by atoms with Gasteiger partial charge in [0, 0.05) is 29.4 Å². The normalized spacial score (nSPS) is 13.5. The summed E-state index contributed by atoms with van der Waals surface area (Å²) in [6.45, 7) is 0.762. The van der Waals surface area contributed by atoms with E-state index < -0.39 is 10.0 Å². The lowest BCUT2D eigenvalue weighted by Gasteiger charge is -2.18. The first-order valence-electron chi connectivity index (χ1n) is 8.66. The minimum atomic E-state index is -3.53. The molecule has 0 saturated heterocycles. The van der Waals surface area contributed by atoms with E-state index in [-0.39, 0.29) is 16.7 Å². The molecule has 144 valence electrons. The molecular formula is C20H17ClN2O3S2. The molecule has 0 aliphatic carbocycles. The highest BCUT2D eigenvalue weighted by Crippen LogP contribution is 2.31. The summed E-state index contributed by atoms with van der Waals surface area (Å²) in [7, 11) is -3.53. The summed E-state index contributed by atoms with van der Waals surface area (Å²) in [6.07, 6.45) is 0.774. The molecule has 1 aliphatic rings. The average molecular weight is 433 g/mol. The van der Waals surface area contributed by atoms with E-state index in [1.807, 2.05) is 18.2 Å². The Morgan fingerprint density at radius 1 is 1.14 bits per heavy atom. The second kappa shape index (κ2) is 7.67. The quantitative estimate of drug-likeness (QED) is 0.660. The molecule has 0 bridgehead atoms. The number of carbonyl (C=O) groups excluding carboxylic acids is 1. The van der Waals surface area contributed by atoms with E-state index in [9.17, 15) is 13.2 Å². The maximum Gasteiger partial charge on any atom is 0.258 e. The van der Waals surface area contributed by atoms with E-state index >= 15 is 0 Å². The maximum absolute atomic E-state index is 12.9. The van der Waals surface area contributed by atoms with E-state index in [0.29, 0.717) is 17.1 Å². The molecule has 0 saturated carbocycles. The number of rotatable bonds is 5. The van der Waals surface area contributed by atoms with Crippen molar-refractivity contribution in [2.24, 2.45) is 0 Å². The number of fused-ring (bicyclic) bond motifs is 1. The third-order valence-electron chi connectivity index (χ3n) is 4.61. The van der Waals surface area contributed by atoms with E-state index in [1.54, 1.807) is 46.7 Å². The van der Waals surface area contributed by atoms with Crippen molar-refractivity contribution in [3.63, 3.8) is 0 Å². The van der Waals surface area contributed by atoms with Gasteiger partial charge < -0.3 is 4.90 Å². The van der Waals surface area contributed by atoms with Crippen molar-refractivity contribution in [2.45, 2.75) is 17.2 Å². The highest BCUT2D eigenvalue weighted by atomic mass is 35.5. The summed E-state index contributed by atoms with van der Waals surface area (Å²) < 4.78 is 27.5. The van der Waals surface area contributed by atoms with Gasteiger partial charge in [-0.05, 0) is 59.3 Å². The first-order valence-corrected chi connectivity index (χ1v) is 11.4. The summed E-state index contributed by atoms with van der Waals surface area (Å²) in [5.41, 5.74) is 3.27. The number of hydrogen-bond acceptors (Lipinski definition) is 4. The molecule has 0 radical (unpaired) electrons. The number of thiophene rings is 1. The van der Waals surface area contributed by atoms with Crippen molar-refractivity contribution < 1.29 is 13.2 Å². The van der Waals surface area contributed by atoms with Crippen molar-refractivity contribution >= 4 is 44.6 Å². The van der Waals surface area contributed by atoms with Crippen LogP contribution >= 0.6 is 22.9 Å². The molecule has 0 spiro atoms. The van der Waals surface area contributed by atoms with Gasteiger partial charge >= 0.3 is 0 Å². The maximum atomic E-state index is 12.9. The van der Waals surface area contributed by atoms with Gasteiger partial charge in [-0.25, -0.2) is 13.1 Å². The fourth-order valence-corrected chi connectivity index (χ4v) is 5.34. The Kier molecular flexibility index (Phi) is 5.25. The Morgan fingerprint density at radius 2 is 1.93 bits per heavy atom. The second-order valence-corrected chi connectivity index (χ2v) is 9.81. The number of sulfonamides is 1. The Hall–Kier alpha value is -2.19. The van der Waals surface area contributed by atoms with E-state index in [1.165, 1.54) is 11.3 Å². The molecule has 28 heavy (non-hydrogen) atoms. The third kappa shape index (κ3) is 3.84. The average Bonchev–Trinajstić information content (AvgIpc) is 3.36. The number of hydrogen-bond donors (Lipinski definition) is 1. The molecule has 5 nitrogen and oxygen atoms in total. The highest BCUT2D eigenvalue weighted by molar-refractivity contribution is 7.91. The number of nitrogens with one attached hydrogen (secondary N) is 1. The van der Waals surface area contributed by atoms with Crippen LogP contribution in [0.4, 0.5) is 5.69 Å². The smallest absolute Gasteiger partial charge is 0.258 e. The van der Waals surface area contributed by atoms with Gasteiger partial charge in [-0.1, -0.05) is 29.8 Å². The van der Waals surface area contributed by atoms with Crippen LogP contribution in [-0.4, -0.2) is 20.9 Å². The molecule has 2 aromatic carbocycles. The van der Waals surface area contributed by atoms with E-state index in [4.69, 9.17) is 11.6 Å². The van der Waals surface area contributed by atoms with Gasteiger partial charge in [-0.2, -0.15) is 0 Å². The summed E-state index contributed by atoms with van der Waals surface area (Å²) >= 11 is 7.08. The predicted molar refractivity (Wildman–Crippen MR) is 112 cm³/mol. The molecule has 1 N–H and O–H groups in total. The van der Waals surface area contributed by atoms with Crippen LogP contribution in [0.3, 0.4) is 0 Å². The Labute approximate surface area is 172 Å². The first-order chi connectivity index (χ1) is 13.4. The van der Waals surface area contributed by atoms with Crippen molar-refractivity contribution in [2.75, 3.05) is 11.4 Å². The van der Waals surface area contributed by atoms with Gasteiger partial charge in [0.05, 0.1) is 0 Å². The lowest BCUT2D eigenvalue weighted by molar-refractivity contribution is 0.0989. The molecule has 0 fully saturated rings. The van der Waals surface area contributed by atoms with Gasteiger partial charge in [0.15, 0.2) is 0 Å². The second-order valence-electron chi connectivity index (χ2n) is 6.43. The fourth-order valence-electron chi connectivity index (χ4n) is 3.16. The number of anilines is 1. The Bertz CT molecular complexity index is 1110. The fraction of sp³-hybridized carbons (Fsp3) is 0.150. The van der Waals surface area contributed by atoms with Gasteiger partial charge in [-0.3, -0.25) is 4.79 Å². The van der Waals surface area contributed by atoms with Crippen LogP contribution < -0.4 is 9.62 Å². The van der Waals surface area contributed by atoms with Crippen LogP contribution in [0.5, 0.6) is 0 Å². The van der Waals surface area contributed by atoms with E-state index in [2.05, 4.69) is 4.72 Å². The molecule has 0 atom stereocenters. The van der Waals surface area contributed by atoms with Crippen molar-refractivity contribution in [3.8, 4) is 0 Å². The topological polar surface area (TPSA) is 66.5 Å². The zero-order chi connectivity index (χ0) is 19.7. The van der Waals surface area contributed by atoms with Crippen LogP contribution in [0, 0.1) is 0 Å². The van der Waals surface area contributed by atoms with Gasteiger partial charge in [-0.15, -0.1) is 11.3 Å². The van der Waals surface area contributed by atoms with Crippen LogP contribution in [0.15, 0.2) is 64.2 Å². The minimum absolute atomic E-state index is 0.0910. The minimum Gasteiger partial charge on any atom is -0.308 e. The largest absolute Gasteiger partial charge is 0.308 e. The SMILES string of the molecule is O=C(c1ccc(Cl)cc1)N1CCc2ccc(CNS(=O)(=O)c3cccs3)cc21. The number of amides is 1. The predicted octanol–water partition coefficient (Wildman–Crippen LogP) is 4.08. The Morgan fingerprint density at radius 3 is 2.64 bits per heavy atom. The molecule has 3 aromatic rings. The van der Waals surface area contributed by atoms with Gasteiger partial charge in [0.1, 0.15) is 4.21 Å².